The SMILES string of the molecule is O=C(c1ccccc1)C(c1ccc(F)cc1)c1ccc(Cl)cc1. The molecule has 114 valence electrons. The number of ketones is 1. The molecule has 0 saturated carbocycles. The molecule has 0 aliphatic heterocycles. The van der Waals surface area contributed by atoms with Gasteiger partial charge in [0.2, 0.25) is 0 Å². The number of benzene rings is 3. The molecule has 0 fully saturated rings. The van der Waals surface area contributed by atoms with Crippen molar-refractivity contribution in [2.24, 2.45) is 0 Å². The molecule has 3 heteroatoms. The summed E-state index contributed by atoms with van der Waals surface area (Å²) in [7, 11) is 0. The van der Waals surface area contributed by atoms with E-state index in [1.54, 1.807) is 36.4 Å². The monoisotopic (exact) mass is 324 g/mol. The summed E-state index contributed by atoms with van der Waals surface area (Å²) in [5.74, 6) is -0.842. The molecule has 0 radical (unpaired) electrons. The average Bonchev–Trinajstić information content (AvgIpc) is 2.59. The molecular formula is C20H14ClFO. The first kappa shape index (κ1) is 15.4. The van der Waals surface area contributed by atoms with E-state index in [0.717, 1.165) is 11.1 Å². The lowest BCUT2D eigenvalue weighted by atomic mass is 9.85. The van der Waals surface area contributed by atoms with Crippen molar-refractivity contribution in [2.45, 2.75) is 5.92 Å². The molecule has 0 amide bonds. The molecule has 3 rings (SSSR count). The maximum atomic E-state index is 13.2. The van der Waals surface area contributed by atoms with Gasteiger partial charge in [0.25, 0.3) is 0 Å². The third-order valence-electron chi connectivity index (χ3n) is 3.73. The van der Waals surface area contributed by atoms with E-state index in [2.05, 4.69) is 0 Å². The maximum absolute atomic E-state index is 13.2. The van der Waals surface area contributed by atoms with Gasteiger partial charge < -0.3 is 0 Å². The second-order valence-corrected chi connectivity index (χ2v) is 5.70. The Morgan fingerprint density at radius 3 is 1.87 bits per heavy atom. The van der Waals surface area contributed by atoms with Crippen molar-refractivity contribution in [3.8, 4) is 0 Å². The van der Waals surface area contributed by atoms with Crippen LogP contribution in [0.1, 0.15) is 27.4 Å². The summed E-state index contributed by atoms with van der Waals surface area (Å²) in [6, 6.07) is 22.3. The summed E-state index contributed by atoms with van der Waals surface area (Å²) >= 11 is 5.95. The van der Waals surface area contributed by atoms with Crippen LogP contribution >= 0.6 is 11.6 Å². The molecule has 0 aliphatic rings. The number of hydrogen-bond acceptors (Lipinski definition) is 1. The molecule has 3 aromatic carbocycles. The molecule has 0 spiro atoms. The maximum Gasteiger partial charge on any atom is 0.174 e. The number of halogens is 2. The third-order valence-corrected chi connectivity index (χ3v) is 3.98. The minimum atomic E-state index is -0.490. The molecule has 1 atom stereocenters. The van der Waals surface area contributed by atoms with Gasteiger partial charge in [-0.05, 0) is 35.4 Å². The molecule has 3 aromatic rings. The zero-order chi connectivity index (χ0) is 16.2. The van der Waals surface area contributed by atoms with Gasteiger partial charge in [-0.1, -0.05) is 66.2 Å². The highest BCUT2D eigenvalue weighted by molar-refractivity contribution is 6.30. The molecule has 0 bridgehead atoms. The van der Waals surface area contributed by atoms with E-state index >= 15 is 0 Å². The number of carbonyl (C=O) groups excluding carboxylic acids is 1. The molecular weight excluding hydrogens is 311 g/mol. The Labute approximate surface area is 139 Å². The molecule has 1 unspecified atom stereocenters. The van der Waals surface area contributed by atoms with Gasteiger partial charge in [-0.25, -0.2) is 4.39 Å². The Bertz CT molecular complexity index is 750. The van der Waals surface area contributed by atoms with E-state index in [9.17, 15) is 9.18 Å². The summed E-state index contributed by atoms with van der Waals surface area (Å²) in [6.45, 7) is 0. The number of Topliss-reactive ketones (excluding diaryl/α,β-unsaturated/α-hetero) is 1. The molecule has 0 aliphatic carbocycles. The van der Waals surface area contributed by atoms with Gasteiger partial charge in [0.05, 0.1) is 5.92 Å². The third kappa shape index (κ3) is 3.49. The second-order valence-electron chi connectivity index (χ2n) is 5.27. The van der Waals surface area contributed by atoms with E-state index in [1.807, 2.05) is 30.3 Å². The van der Waals surface area contributed by atoms with Crippen molar-refractivity contribution in [3.05, 3.63) is 106 Å². The Balaban J connectivity index is 2.08. The van der Waals surface area contributed by atoms with Crippen LogP contribution in [0.2, 0.25) is 5.02 Å². The van der Waals surface area contributed by atoms with Crippen LogP contribution in [0, 0.1) is 5.82 Å². The highest BCUT2D eigenvalue weighted by atomic mass is 35.5. The van der Waals surface area contributed by atoms with Crippen molar-refractivity contribution < 1.29 is 9.18 Å². The van der Waals surface area contributed by atoms with Crippen LogP contribution in [-0.4, -0.2) is 5.78 Å². The Kier molecular flexibility index (Phi) is 4.54. The standard InChI is InChI=1S/C20H14ClFO/c21-17-10-6-14(7-11-17)19(15-8-12-18(22)13-9-15)20(23)16-4-2-1-3-5-16/h1-13,19H. The van der Waals surface area contributed by atoms with E-state index in [1.165, 1.54) is 12.1 Å². The predicted octanol–water partition coefficient (Wildman–Crippen LogP) is 5.49. The van der Waals surface area contributed by atoms with Crippen LogP contribution in [0.15, 0.2) is 78.9 Å². The molecule has 0 N–H and O–H groups in total. The van der Waals surface area contributed by atoms with Crippen LogP contribution in [0.3, 0.4) is 0 Å². The molecule has 0 aromatic heterocycles. The minimum absolute atomic E-state index is 0.0282. The molecule has 0 heterocycles. The first-order chi connectivity index (χ1) is 11.1. The first-order valence-corrected chi connectivity index (χ1v) is 7.63. The van der Waals surface area contributed by atoms with Gasteiger partial charge >= 0.3 is 0 Å². The lowest BCUT2D eigenvalue weighted by Crippen LogP contribution is -2.14. The van der Waals surface area contributed by atoms with Crippen molar-refractivity contribution in [1.29, 1.82) is 0 Å². The second kappa shape index (κ2) is 6.76. The molecule has 23 heavy (non-hydrogen) atoms. The van der Waals surface area contributed by atoms with Gasteiger partial charge in [-0.3, -0.25) is 4.79 Å². The summed E-state index contributed by atoms with van der Waals surface area (Å²) in [5, 5.41) is 0.610. The van der Waals surface area contributed by atoms with Crippen molar-refractivity contribution >= 4 is 17.4 Å². The average molecular weight is 325 g/mol. The zero-order valence-corrected chi connectivity index (χ0v) is 13.0. The number of hydrogen-bond donors (Lipinski definition) is 0. The fraction of sp³-hybridized carbons (Fsp3) is 0.0500. The zero-order valence-electron chi connectivity index (χ0n) is 12.2. The quantitative estimate of drug-likeness (QED) is 0.580. The van der Waals surface area contributed by atoms with Crippen LogP contribution in [0.5, 0.6) is 0 Å². The molecule has 1 nitrogen and oxygen atoms in total. The van der Waals surface area contributed by atoms with E-state index < -0.39 is 5.92 Å². The van der Waals surface area contributed by atoms with E-state index in [4.69, 9.17) is 11.6 Å². The van der Waals surface area contributed by atoms with Crippen LogP contribution in [0.25, 0.3) is 0 Å². The Morgan fingerprint density at radius 2 is 1.30 bits per heavy atom. The van der Waals surface area contributed by atoms with Gasteiger partial charge in [-0.2, -0.15) is 0 Å². The van der Waals surface area contributed by atoms with Crippen LogP contribution in [0.4, 0.5) is 4.39 Å². The van der Waals surface area contributed by atoms with Crippen molar-refractivity contribution in [2.75, 3.05) is 0 Å². The summed E-state index contributed by atoms with van der Waals surface area (Å²) in [4.78, 5) is 13.0. The largest absolute Gasteiger partial charge is 0.293 e. The highest BCUT2D eigenvalue weighted by Gasteiger charge is 2.24. The summed E-state index contributed by atoms with van der Waals surface area (Å²) in [6.07, 6.45) is 0. The van der Waals surface area contributed by atoms with Gasteiger partial charge in [-0.15, -0.1) is 0 Å². The van der Waals surface area contributed by atoms with Crippen molar-refractivity contribution in [1.82, 2.24) is 0 Å². The number of carbonyl (C=O) groups is 1. The van der Waals surface area contributed by atoms with Gasteiger partial charge in [0, 0.05) is 10.6 Å². The van der Waals surface area contributed by atoms with E-state index in [-0.39, 0.29) is 11.6 Å². The Morgan fingerprint density at radius 1 is 0.783 bits per heavy atom. The summed E-state index contributed by atoms with van der Waals surface area (Å²) < 4.78 is 13.2. The van der Waals surface area contributed by atoms with Crippen LogP contribution < -0.4 is 0 Å². The molecule has 0 saturated heterocycles. The summed E-state index contributed by atoms with van der Waals surface area (Å²) in [5.41, 5.74) is 2.20. The van der Waals surface area contributed by atoms with Gasteiger partial charge in [0.15, 0.2) is 5.78 Å². The fourth-order valence-electron chi connectivity index (χ4n) is 2.57. The lowest BCUT2D eigenvalue weighted by Gasteiger charge is -2.17. The first-order valence-electron chi connectivity index (χ1n) is 7.25. The minimum Gasteiger partial charge on any atom is -0.293 e. The van der Waals surface area contributed by atoms with Crippen LogP contribution in [-0.2, 0) is 0 Å². The topological polar surface area (TPSA) is 17.1 Å². The fourth-order valence-corrected chi connectivity index (χ4v) is 2.70. The van der Waals surface area contributed by atoms with Crippen molar-refractivity contribution in [3.63, 3.8) is 0 Å². The van der Waals surface area contributed by atoms with E-state index in [0.29, 0.717) is 10.6 Å². The highest BCUT2D eigenvalue weighted by Crippen LogP contribution is 2.29. The smallest absolute Gasteiger partial charge is 0.174 e. The normalized spacial score (nSPS) is 11.9. The predicted molar refractivity (Wildman–Crippen MR) is 90.5 cm³/mol. The lowest BCUT2D eigenvalue weighted by molar-refractivity contribution is 0.0974. The Hall–Kier alpha value is -2.45. The van der Waals surface area contributed by atoms with Gasteiger partial charge in [0.1, 0.15) is 5.82 Å². The number of rotatable bonds is 4.